The van der Waals surface area contributed by atoms with E-state index in [1.807, 2.05) is 4.72 Å². The SMILES string of the molecule is O=[N+]([O-])c1cc(S(=O)(=O)Nc2ccc(F)cn2)ccc1O. The zero-order valence-electron chi connectivity index (χ0n) is 10.2. The van der Waals surface area contributed by atoms with Gasteiger partial charge in [-0.1, -0.05) is 0 Å². The summed E-state index contributed by atoms with van der Waals surface area (Å²) in [4.78, 5) is 12.8. The van der Waals surface area contributed by atoms with Crippen LogP contribution in [0.2, 0.25) is 0 Å². The zero-order valence-corrected chi connectivity index (χ0v) is 11.0. The third-order valence-electron chi connectivity index (χ3n) is 2.42. The summed E-state index contributed by atoms with van der Waals surface area (Å²) >= 11 is 0. The van der Waals surface area contributed by atoms with E-state index in [-0.39, 0.29) is 5.82 Å². The number of hydrogen-bond acceptors (Lipinski definition) is 6. The molecule has 0 saturated heterocycles. The Kier molecular flexibility index (Phi) is 3.72. The highest BCUT2D eigenvalue weighted by Crippen LogP contribution is 2.28. The second-order valence-electron chi connectivity index (χ2n) is 3.87. The number of sulfonamides is 1. The van der Waals surface area contributed by atoms with E-state index in [4.69, 9.17) is 0 Å². The topological polar surface area (TPSA) is 122 Å². The molecule has 0 bridgehead atoms. The predicted molar refractivity (Wildman–Crippen MR) is 69.8 cm³/mol. The van der Waals surface area contributed by atoms with Crippen molar-refractivity contribution in [3.05, 3.63) is 52.5 Å². The van der Waals surface area contributed by atoms with Crippen molar-refractivity contribution in [2.75, 3.05) is 4.72 Å². The van der Waals surface area contributed by atoms with Crippen LogP contribution in [0, 0.1) is 15.9 Å². The first-order chi connectivity index (χ1) is 9.79. The molecular weight excluding hydrogens is 305 g/mol. The molecule has 0 radical (unpaired) electrons. The molecule has 2 rings (SSSR count). The number of nitrogens with one attached hydrogen (secondary N) is 1. The Bertz CT molecular complexity index is 792. The van der Waals surface area contributed by atoms with Crippen molar-refractivity contribution in [1.29, 1.82) is 0 Å². The number of phenolic OH excluding ortho intramolecular Hbond substituents is 1. The molecule has 110 valence electrons. The van der Waals surface area contributed by atoms with Crippen molar-refractivity contribution in [3.8, 4) is 5.75 Å². The lowest BCUT2D eigenvalue weighted by molar-refractivity contribution is -0.386. The summed E-state index contributed by atoms with van der Waals surface area (Å²) in [7, 11) is -4.15. The van der Waals surface area contributed by atoms with E-state index < -0.39 is 37.1 Å². The van der Waals surface area contributed by atoms with Crippen molar-refractivity contribution >= 4 is 21.5 Å². The van der Waals surface area contributed by atoms with E-state index in [0.29, 0.717) is 6.07 Å². The number of nitro groups is 1. The fourth-order valence-corrected chi connectivity index (χ4v) is 2.48. The maximum absolute atomic E-state index is 12.7. The van der Waals surface area contributed by atoms with Gasteiger partial charge in [-0.3, -0.25) is 14.8 Å². The van der Waals surface area contributed by atoms with E-state index >= 15 is 0 Å². The lowest BCUT2D eigenvalue weighted by Gasteiger charge is -2.07. The molecule has 0 atom stereocenters. The third-order valence-corrected chi connectivity index (χ3v) is 3.77. The van der Waals surface area contributed by atoms with Crippen molar-refractivity contribution < 1.29 is 22.8 Å². The van der Waals surface area contributed by atoms with Gasteiger partial charge in [0.15, 0.2) is 5.75 Å². The van der Waals surface area contributed by atoms with E-state index in [1.54, 1.807) is 0 Å². The van der Waals surface area contributed by atoms with Crippen LogP contribution in [0.15, 0.2) is 41.4 Å². The highest BCUT2D eigenvalue weighted by molar-refractivity contribution is 7.92. The molecule has 8 nitrogen and oxygen atoms in total. The molecule has 0 saturated carbocycles. The fourth-order valence-electron chi connectivity index (χ4n) is 1.45. The van der Waals surface area contributed by atoms with Crippen molar-refractivity contribution in [3.63, 3.8) is 0 Å². The van der Waals surface area contributed by atoms with Crippen molar-refractivity contribution in [1.82, 2.24) is 4.98 Å². The van der Waals surface area contributed by atoms with Gasteiger partial charge in [0.1, 0.15) is 11.6 Å². The van der Waals surface area contributed by atoms with E-state index in [9.17, 15) is 28.0 Å². The van der Waals surface area contributed by atoms with Crippen LogP contribution in [0.25, 0.3) is 0 Å². The van der Waals surface area contributed by atoms with Gasteiger partial charge in [0.25, 0.3) is 10.0 Å². The first kappa shape index (κ1) is 14.7. The number of hydrogen-bond donors (Lipinski definition) is 2. The number of anilines is 1. The van der Waals surface area contributed by atoms with Gasteiger partial charge in [-0.15, -0.1) is 0 Å². The van der Waals surface area contributed by atoms with Crippen LogP contribution in [0.4, 0.5) is 15.9 Å². The van der Waals surface area contributed by atoms with Crippen molar-refractivity contribution in [2.45, 2.75) is 4.90 Å². The molecule has 0 spiro atoms. The lowest BCUT2D eigenvalue weighted by Crippen LogP contribution is -2.14. The van der Waals surface area contributed by atoms with Crippen LogP contribution in [0.5, 0.6) is 5.75 Å². The van der Waals surface area contributed by atoms with Crippen LogP contribution in [-0.4, -0.2) is 23.4 Å². The maximum atomic E-state index is 12.7. The number of phenols is 1. The van der Waals surface area contributed by atoms with Gasteiger partial charge in [0.2, 0.25) is 0 Å². The standard InChI is InChI=1S/C11H8FN3O5S/c12-7-1-4-11(13-6-7)14-21(19,20)8-2-3-10(16)9(5-8)15(17)18/h1-6,16H,(H,13,14). The predicted octanol–water partition coefficient (Wildman–Crippen LogP) is 1.64. The van der Waals surface area contributed by atoms with Crippen LogP contribution in [0.1, 0.15) is 0 Å². The average Bonchev–Trinajstić information content (AvgIpc) is 2.41. The van der Waals surface area contributed by atoms with E-state index in [1.165, 1.54) is 0 Å². The summed E-state index contributed by atoms with van der Waals surface area (Å²) in [6, 6.07) is 4.70. The minimum absolute atomic E-state index is 0.146. The van der Waals surface area contributed by atoms with Crippen molar-refractivity contribution in [2.24, 2.45) is 0 Å². The van der Waals surface area contributed by atoms with Gasteiger partial charge >= 0.3 is 5.69 Å². The van der Waals surface area contributed by atoms with Gasteiger partial charge in [-0.25, -0.2) is 17.8 Å². The van der Waals surface area contributed by atoms with Crippen LogP contribution in [0.3, 0.4) is 0 Å². The highest BCUT2D eigenvalue weighted by atomic mass is 32.2. The Morgan fingerprint density at radius 1 is 1.29 bits per heavy atom. The van der Waals surface area contributed by atoms with Gasteiger partial charge in [-0.05, 0) is 24.3 Å². The minimum atomic E-state index is -4.15. The zero-order chi connectivity index (χ0) is 15.6. The Morgan fingerprint density at radius 3 is 2.57 bits per heavy atom. The van der Waals surface area contributed by atoms with E-state index in [0.717, 1.165) is 30.5 Å². The number of nitro benzene ring substituents is 1. The number of benzene rings is 1. The van der Waals surface area contributed by atoms with Gasteiger partial charge < -0.3 is 5.11 Å². The van der Waals surface area contributed by atoms with E-state index in [2.05, 4.69) is 4.98 Å². The first-order valence-electron chi connectivity index (χ1n) is 5.41. The lowest BCUT2D eigenvalue weighted by atomic mass is 10.3. The number of halogens is 1. The summed E-state index contributed by atoms with van der Waals surface area (Å²) in [5.74, 6) is -1.44. The van der Waals surface area contributed by atoms with Crippen LogP contribution < -0.4 is 4.72 Å². The number of aromatic nitrogens is 1. The minimum Gasteiger partial charge on any atom is -0.502 e. The summed E-state index contributed by atoms with van der Waals surface area (Å²) in [5, 5.41) is 20.0. The quantitative estimate of drug-likeness (QED) is 0.653. The summed E-state index contributed by atoms with van der Waals surface area (Å²) in [6.45, 7) is 0. The molecule has 0 amide bonds. The molecule has 2 N–H and O–H groups in total. The van der Waals surface area contributed by atoms with Crippen LogP contribution in [-0.2, 0) is 10.0 Å². The molecule has 0 aliphatic heterocycles. The molecule has 0 unspecified atom stereocenters. The molecule has 1 aromatic heterocycles. The largest absolute Gasteiger partial charge is 0.502 e. The summed E-state index contributed by atoms with van der Waals surface area (Å²) in [6.07, 6.45) is 0.817. The molecule has 1 heterocycles. The Labute approximate surface area is 118 Å². The third kappa shape index (κ3) is 3.23. The van der Waals surface area contributed by atoms with Gasteiger partial charge in [0.05, 0.1) is 16.0 Å². The highest BCUT2D eigenvalue weighted by Gasteiger charge is 2.21. The average molecular weight is 313 g/mol. The number of pyridine rings is 1. The second kappa shape index (κ2) is 5.32. The fraction of sp³-hybridized carbons (Fsp3) is 0. The monoisotopic (exact) mass is 313 g/mol. The molecule has 0 aliphatic carbocycles. The number of rotatable bonds is 4. The Balaban J connectivity index is 2.38. The number of nitrogens with zero attached hydrogens (tertiary/aromatic N) is 2. The number of aromatic hydroxyl groups is 1. The Hall–Kier alpha value is -2.75. The van der Waals surface area contributed by atoms with Crippen LogP contribution >= 0.6 is 0 Å². The smallest absolute Gasteiger partial charge is 0.312 e. The molecule has 2 aromatic rings. The molecule has 10 heteroatoms. The first-order valence-corrected chi connectivity index (χ1v) is 6.90. The molecule has 0 aliphatic rings. The molecule has 21 heavy (non-hydrogen) atoms. The van der Waals surface area contributed by atoms with Gasteiger partial charge in [-0.2, -0.15) is 0 Å². The normalized spacial score (nSPS) is 11.1. The molecule has 0 fully saturated rings. The maximum Gasteiger partial charge on any atom is 0.312 e. The van der Waals surface area contributed by atoms with Gasteiger partial charge in [0, 0.05) is 6.07 Å². The Morgan fingerprint density at radius 2 is 2.00 bits per heavy atom. The summed E-state index contributed by atoms with van der Waals surface area (Å²) < 4.78 is 38.8. The molecule has 1 aromatic carbocycles. The second-order valence-corrected chi connectivity index (χ2v) is 5.56. The summed E-state index contributed by atoms with van der Waals surface area (Å²) in [5.41, 5.74) is -0.745. The molecular formula is C11H8FN3O5S.